The van der Waals surface area contributed by atoms with E-state index >= 15 is 0 Å². The highest BCUT2D eigenvalue weighted by molar-refractivity contribution is 6.12. The third-order valence-electron chi connectivity index (χ3n) is 10.4. The minimum Gasteiger partial charge on any atom is -0.404 e. The zero-order valence-corrected chi connectivity index (χ0v) is 26.0. The number of aliphatic imine (C=N–C) groups is 1. The van der Waals surface area contributed by atoms with Gasteiger partial charge >= 0.3 is 0 Å². The zero-order valence-electron chi connectivity index (χ0n) is 26.0. The average molecular weight is 596 g/mol. The van der Waals surface area contributed by atoms with Crippen molar-refractivity contribution in [2.45, 2.75) is 64.8 Å². The molecule has 0 radical (unpaired) electrons. The molecule has 0 bridgehead atoms. The van der Waals surface area contributed by atoms with Crippen LogP contribution in [0.2, 0.25) is 0 Å². The van der Waals surface area contributed by atoms with Crippen molar-refractivity contribution in [3.05, 3.63) is 77.5 Å². The predicted molar refractivity (Wildman–Crippen MR) is 173 cm³/mol. The van der Waals surface area contributed by atoms with Gasteiger partial charge in [-0.3, -0.25) is 19.4 Å². The summed E-state index contributed by atoms with van der Waals surface area (Å²) in [7, 11) is 0. The molecule has 1 spiro atoms. The summed E-state index contributed by atoms with van der Waals surface area (Å²) in [5.74, 6) is 0.453. The number of nitrogens with one attached hydrogen (secondary N) is 1. The SMILES string of the molecule is CC1(C)C[C@@H]1C(=O)N1CC2(CN(C(=O)/C(C=NCc3ccccc3)=C/N)CC2c2ccc(NC(=O)C3CCCCC3)cc2)C1. The molecular weight excluding hydrogens is 550 g/mol. The number of hydrogen-bond acceptors (Lipinski definition) is 5. The molecule has 232 valence electrons. The molecule has 2 saturated carbocycles. The molecule has 4 fully saturated rings. The number of benzene rings is 2. The Morgan fingerprint density at radius 1 is 0.955 bits per heavy atom. The maximum Gasteiger partial charge on any atom is 0.256 e. The Labute approximate surface area is 260 Å². The van der Waals surface area contributed by atoms with E-state index in [0.717, 1.165) is 48.9 Å². The van der Waals surface area contributed by atoms with Crippen LogP contribution in [0, 0.1) is 22.7 Å². The molecular formula is C36H45N5O3. The van der Waals surface area contributed by atoms with Crippen LogP contribution >= 0.6 is 0 Å². The van der Waals surface area contributed by atoms with E-state index in [9.17, 15) is 14.4 Å². The highest BCUT2D eigenvalue weighted by Crippen LogP contribution is 2.55. The lowest BCUT2D eigenvalue weighted by atomic mass is 9.68. The number of carbonyl (C=O) groups is 3. The molecule has 1 unspecified atom stereocenters. The Balaban J connectivity index is 1.17. The van der Waals surface area contributed by atoms with Gasteiger partial charge in [-0.05, 0) is 47.9 Å². The van der Waals surface area contributed by atoms with Crippen molar-refractivity contribution in [2.24, 2.45) is 33.4 Å². The minimum atomic E-state index is -0.224. The molecule has 2 aromatic rings. The van der Waals surface area contributed by atoms with Crippen LogP contribution in [-0.2, 0) is 20.9 Å². The molecule has 2 atom stereocenters. The van der Waals surface area contributed by atoms with Crippen molar-refractivity contribution in [1.82, 2.24) is 9.80 Å². The van der Waals surface area contributed by atoms with Gasteiger partial charge < -0.3 is 20.9 Å². The topological polar surface area (TPSA) is 108 Å². The number of amides is 3. The van der Waals surface area contributed by atoms with E-state index in [1.54, 1.807) is 6.21 Å². The quantitative estimate of drug-likeness (QED) is 0.326. The molecule has 2 aromatic carbocycles. The molecule has 8 heteroatoms. The van der Waals surface area contributed by atoms with Gasteiger partial charge in [-0.15, -0.1) is 0 Å². The van der Waals surface area contributed by atoms with E-state index in [-0.39, 0.29) is 46.3 Å². The van der Waals surface area contributed by atoms with E-state index in [1.165, 1.54) is 12.6 Å². The van der Waals surface area contributed by atoms with Crippen LogP contribution in [0.1, 0.15) is 69.4 Å². The van der Waals surface area contributed by atoms with Gasteiger partial charge in [0.2, 0.25) is 11.8 Å². The Morgan fingerprint density at radius 2 is 1.61 bits per heavy atom. The normalized spacial score (nSPS) is 24.4. The van der Waals surface area contributed by atoms with Gasteiger partial charge in [0.25, 0.3) is 5.91 Å². The smallest absolute Gasteiger partial charge is 0.256 e. The summed E-state index contributed by atoms with van der Waals surface area (Å²) in [4.78, 5) is 48.1. The summed E-state index contributed by atoms with van der Waals surface area (Å²) in [6.07, 6.45) is 9.22. The highest BCUT2D eigenvalue weighted by atomic mass is 16.2. The van der Waals surface area contributed by atoms with Crippen LogP contribution in [0.25, 0.3) is 0 Å². The molecule has 6 rings (SSSR count). The van der Waals surface area contributed by atoms with Gasteiger partial charge in [0, 0.05) is 67.4 Å². The summed E-state index contributed by atoms with van der Waals surface area (Å²) in [6, 6.07) is 18.0. The van der Waals surface area contributed by atoms with Crippen LogP contribution in [0.3, 0.4) is 0 Å². The van der Waals surface area contributed by atoms with Gasteiger partial charge in [0.05, 0.1) is 12.1 Å². The number of rotatable bonds is 8. The van der Waals surface area contributed by atoms with Crippen LogP contribution in [0.5, 0.6) is 0 Å². The van der Waals surface area contributed by atoms with E-state index in [4.69, 9.17) is 5.73 Å². The lowest BCUT2D eigenvalue weighted by molar-refractivity contribution is -0.146. The molecule has 2 heterocycles. The van der Waals surface area contributed by atoms with Crippen molar-refractivity contribution in [2.75, 3.05) is 31.5 Å². The van der Waals surface area contributed by atoms with Gasteiger partial charge in [-0.25, -0.2) is 0 Å². The van der Waals surface area contributed by atoms with Crippen LogP contribution in [-0.4, -0.2) is 59.9 Å². The minimum absolute atomic E-state index is 0.0612. The van der Waals surface area contributed by atoms with Gasteiger partial charge in [-0.1, -0.05) is 75.6 Å². The summed E-state index contributed by atoms with van der Waals surface area (Å²) in [5, 5.41) is 3.12. The number of likely N-dealkylation sites (tertiary alicyclic amines) is 2. The predicted octanol–water partition coefficient (Wildman–Crippen LogP) is 5.12. The summed E-state index contributed by atoms with van der Waals surface area (Å²) in [5.41, 5.74) is 9.12. The molecule has 2 saturated heterocycles. The summed E-state index contributed by atoms with van der Waals surface area (Å²) >= 11 is 0. The highest BCUT2D eigenvalue weighted by Gasteiger charge is 2.60. The lowest BCUT2D eigenvalue weighted by Crippen LogP contribution is -2.62. The number of nitrogens with two attached hydrogens (primary N) is 1. The third-order valence-corrected chi connectivity index (χ3v) is 10.4. The van der Waals surface area contributed by atoms with E-state index in [2.05, 4.69) is 36.3 Å². The lowest BCUT2D eigenvalue weighted by Gasteiger charge is -2.51. The number of carbonyl (C=O) groups excluding carboxylic acids is 3. The first-order chi connectivity index (χ1) is 21.2. The number of nitrogens with zero attached hydrogens (tertiary/aromatic N) is 3. The fraction of sp³-hybridized carbons (Fsp3) is 0.500. The fourth-order valence-corrected chi connectivity index (χ4v) is 7.47. The van der Waals surface area contributed by atoms with Crippen molar-refractivity contribution in [1.29, 1.82) is 0 Å². The summed E-state index contributed by atoms with van der Waals surface area (Å²) in [6.45, 7) is 7.13. The van der Waals surface area contributed by atoms with E-state index in [0.29, 0.717) is 38.3 Å². The third kappa shape index (κ3) is 6.17. The molecule has 2 aliphatic heterocycles. The zero-order chi connectivity index (χ0) is 30.9. The van der Waals surface area contributed by atoms with Crippen molar-refractivity contribution < 1.29 is 14.4 Å². The molecule has 3 amide bonds. The molecule has 44 heavy (non-hydrogen) atoms. The second-order valence-electron chi connectivity index (χ2n) is 14.1. The van der Waals surface area contributed by atoms with Crippen LogP contribution in [0.4, 0.5) is 5.69 Å². The largest absolute Gasteiger partial charge is 0.404 e. The second kappa shape index (κ2) is 12.2. The van der Waals surface area contributed by atoms with E-state index < -0.39 is 0 Å². The first kappa shape index (κ1) is 30.1. The molecule has 8 nitrogen and oxygen atoms in total. The number of hydrogen-bond donors (Lipinski definition) is 2. The fourth-order valence-electron chi connectivity index (χ4n) is 7.47. The van der Waals surface area contributed by atoms with Gasteiger partial charge in [0.1, 0.15) is 0 Å². The Morgan fingerprint density at radius 3 is 2.25 bits per heavy atom. The van der Waals surface area contributed by atoms with Crippen molar-refractivity contribution in [3.8, 4) is 0 Å². The van der Waals surface area contributed by atoms with E-state index in [1.807, 2.05) is 52.3 Å². The maximum absolute atomic E-state index is 13.7. The van der Waals surface area contributed by atoms with Gasteiger partial charge in [-0.2, -0.15) is 0 Å². The second-order valence-corrected chi connectivity index (χ2v) is 14.1. The molecule has 3 N–H and O–H groups in total. The Hall–Kier alpha value is -3.94. The monoisotopic (exact) mass is 595 g/mol. The Kier molecular flexibility index (Phi) is 8.36. The van der Waals surface area contributed by atoms with Crippen molar-refractivity contribution in [3.63, 3.8) is 0 Å². The Bertz CT molecular complexity index is 1440. The maximum atomic E-state index is 13.7. The van der Waals surface area contributed by atoms with Gasteiger partial charge in [0.15, 0.2) is 0 Å². The summed E-state index contributed by atoms with van der Waals surface area (Å²) < 4.78 is 0. The average Bonchev–Trinajstić information content (AvgIpc) is 3.48. The standard InChI is InChI=1S/C36H45N5O3/c1-35(2)17-30(35)34(44)41-23-36(24-41)22-40(33(43)28(18-37)20-38-19-25-9-5-3-6-10-25)21-31(36)26-13-15-29(16-14-26)39-32(42)27-11-7-4-8-12-27/h3,5-6,9-10,13-16,18,20,27,30-31H,4,7-8,11-12,17,19,21-24,37H2,1-2H3,(H,39,42)/b28-18+,38-20?/t30-,31?/m1/s1. The molecule has 4 aliphatic rings. The van der Waals surface area contributed by atoms with Crippen LogP contribution < -0.4 is 11.1 Å². The first-order valence-electron chi connectivity index (χ1n) is 16.1. The number of anilines is 1. The van der Waals surface area contributed by atoms with Crippen molar-refractivity contribution >= 4 is 29.6 Å². The molecule has 2 aliphatic carbocycles. The van der Waals surface area contributed by atoms with Crippen LogP contribution in [0.15, 0.2) is 71.4 Å². The first-order valence-corrected chi connectivity index (χ1v) is 16.1. The molecule has 0 aromatic heterocycles.